The van der Waals surface area contributed by atoms with Gasteiger partial charge in [0, 0.05) is 21.7 Å². The summed E-state index contributed by atoms with van der Waals surface area (Å²) >= 11 is 7.22. The van der Waals surface area contributed by atoms with E-state index in [0.29, 0.717) is 14.5 Å². The number of nitrogens with zero attached hydrogens (tertiary/aromatic N) is 2. The topological polar surface area (TPSA) is 101 Å². The third-order valence-electron chi connectivity index (χ3n) is 3.73. The molecule has 1 saturated heterocycles. The van der Waals surface area contributed by atoms with Crippen LogP contribution in [0.3, 0.4) is 0 Å². The Hall–Kier alpha value is -2.17. The molecule has 2 aromatic carbocycles. The Balaban J connectivity index is 1.92. The van der Waals surface area contributed by atoms with Crippen molar-refractivity contribution >= 4 is 66.5 Å². The molecule has 2 amide bonds. The zero-order chi connectivity index (χ0) is 19.7. The van der Waals surface area contributed by atoms with Gasteiger partial charge in [0.1, 0.15) is 5.75 Å². The number of hydrogen-bond donors (Lipinski definition) is 1. The molecule has 1 aliphatic heterocycles. The first kappa shape index (κ1) is 19.6. The van der Waals surface area contributed by atoms with Gasteiger partial charge in [0.25, 0.3) is 16.8 Å². The molecule has 138 valence electrons. The van der Waals surface area contributed by atoms with Crippen molar-refractivity contribution in [2.24, 2.45) is 0 Å². The fourth-order valence-corrected chi connectivity index (χ4v) is 4.55. The minimum Gasteiger partial charge on any atom is -0.506 e. The predicted molar refractivity (Wildman–Crippen MR) is 108 cm³/mol. The molecule has 0 aliphatic carbocycles. The highest BCUT2D eigenvalue weighted by molar-refractivity contribution is 9.11. The monoisotopic (exact) mass is 512 g/mol. The molecule has 0 saturated carbocycles. The van der Waals surface area contributed by atoms with E-state index in [1.54, 1.807) is 18.2 Å². The molecule has 1 heterocycles. The van der Waals surface area contributed by atoms with E-state index in [-0.39, 0.29) is 28.5 Å². The second kappa shape index (κ2) is 7.83. The van der Waals surface area contributed by atoms with Crippen molar-refractivity contribution in [3.8, 4) is 5.75 Å². The smallest absolute Gasteiger partial charge is 0.293 e. The Morgan fingerprint density at radius 3 is 2.63 bits per heavy atom. The van der Waals surface area contributed by atoms with Gasteiger partial charge in [-0.1, -0.05) is 34.1 Å². The highest BCUT2D eigenvalue weighted by Gasteiger charge is 2.36. The molecule has 1 fully saturated rings. The Kier molecular flexibility index (Phi) is 5.68. The van der Waals surface area contributed by atoms with Crippen LogP contribution in [-0.2, 0) is 11.3 Å². The summed E-state index contributed by atoms with van der Waals surface area (Å²) in [5.41, 5.74) is 0.459. The van der Waals surface area contributed by atoms with E-state index >= 15 is 0 Å². The lowest BCUT2D eigenvalue weighted by Crippen LogP contribution is -2.27. The number of benzene rings is 2. The summed E-state index contributed by atoms with van der Waals surface area (Å²) in [6, 6.07) is 9.20. The highest BCUT2D eigenvalue weighted by atomic mass is 79.9. The average molecular weight is 514 g/mol. The number of thioether (sulfide) groups is 1. The number of halogens is 2. The molecule has 27 heavy (non-hydrogen) atoms. The molecule has 3 rings (SSSR count). The zero-order valence-electron chi connectivity index (χ0n) is 13.4. The lowest BCUT2D eigenvalue weighted by atomic mass is 10.1. The van der Waals surface area contributed by atoms with Gasteiger partial charge in [0.2, 0.25) is 0 Å². The van der Waals surface area contributed by atoms with E-state index in [4.69, 9.17) is 0 Å². The number of aromatic hydroxyl groups is 1. The minimum absolute atomic E-state index is 0.0660. The summed E-state index contributed by atoms with van der Waals surface area (Å²) in [6.07, 6.45) is 1.41. The quantitative estimate of drug-likeness (QED) is 0.348. The zero-order valence-corrected chi connectivity index (χ0v) is 17.4. The van der Waals surface area contributed by atoms with Gasteiger partial charge in [-0.15, -0.1) is 0 Å². The number of rotatable bonds is 4. The normalized spacial score (nSPS) is 15.6. The van der Waals surface area contributed by atoms with Crippen LogP contribution in [0.2, 0.25) is 0 Å². The maximum Gasteiger partial charge on any atom is 0.293 e. The van der Waals surface area contributed by atoms with Gasteiger partial charge in [-0.25, -0.2) is 0 Å². The molecule has 0 aromatic heterocycles. The van der Waals surface area contributed by atoms with E-state index in [0.717, 1.165) is 16.7 Å². The van der Waals surface area contributed by atoms with Crippen LogP contribution in [-0.4, -0.2) is 26.1 Å². The van der Waals surface area contributed by atoms with Crippen LogP contribution in [0, 0.1) is 10.1 Å². The van der Waals surface area contributed by atoms with Crippen LogP contribution in [0.4, 0.5) is 10.5 Å². The SMILES string of the molecule is O=C1S/C(=C\c2cc(Br)cc(Br)c2O)C(=O)N1Cc1ccccc1[N+](=O)[O-]. The largest absolute Gasteiger partial charge is 0.506 e. The molecule has 1 N–H and O–H groups in total. The van der Waals surface area contributed by atoms with Crippen LogP contribution in [0.25, 0.3) is 6.08 Å². The van der Waals surface area contributed by atoms with Crippen molar-refractivity contribution in [3.05, 3.63) is 71.5 Å². The fraction of sp³-hybridized carbons (Fsp3) is 0.0588. The van der Waals surface area contributed by atoms with E-state index in [9.17, 15) is 24.8 Å². The van der Waals surface area contributed by atoms with Gasteiger partial charge in [-0.05, 0) is 45.9 Å². The number of carbonyl (C=O) groups is 2. The van der Waals surface area contributed by atoms with Crippen molar-refractivity contribution in [1.82, 2.24) is 4.90 Å². The number of para-hydroxylation sites is 1. The summed E-state index contributed by atoms with van der Waals surface area (Å²) in [6.45, 7) is -0.201. The molecule has 0 spiro atoms. The number of imide groups is 1. The van der Waals surface area contributed by atoms with Crippen LogP contribution < -0.4 is 0 Å². The Morgan fingerprint density at radius 2 is 1.93 bits per heavy atom. The molecular weight excluding hydrogens is 504 g/mol. The maximum atomic E-state index is 12.6. The minimum atomic E-state index is -0.571. The Bertz CT molecular complexity index is 1010. The van der Waals surface area contributed by atoms with Crippen molar-refractivity contribution < 1.29 is 19.6 Å². The van der Waals surface area contributed by atoms with E-state index < -0.39 is 16.1 Å². The van der Waals surface area contributed by atoms with Crippen molar-refractivity contribution in [2.45, 2.75) is 6.54 Å². The standard InChI is InChI=1S/C17H10Br2N2O5S/c18-11-5-10(15(22)12(19)7-11)6-14-16(23)20(17(24)27-14)8-9-3-1-2-4-13(9)21(25)26/h1-7,22H,8H2/b14-6-. The number of phenolic OH excluding ortho intramolecular Hbond substituents is 1. The first-order valence-electron chi connectivity index (χ1n) is 7.43. The van der Waals surface area contributed by atoms with Gasteiger partial charge in [0.15, 0.2) is 0 Å². The number of amides is 2. The van der Waals surface area contributed by atoms with Crippen LogP contribution in [0.15, 0.2) is 50.2 Å². The number of phenols is 1. The molecule has 0 radical (unpaired) electrons. The molecule has 1 aliphatic rings. The molecule has 7 nitrogen and oxygen atoms in total. The molecule has 0 bridgehead atoms. The molecular formula is C17H10Br2N2O5S. The Morgan fingerprint density at radius 1 is 1.22 bits per heavy atom. The molecule has 0 unspecified atom stereocenters. The van der Waals surface area contributed by atoms with Crippen molar-refractivity contribution in [1.29, 1.82) is 0 Å². The summed E-state index contributed by atoms with van der Waals surface area (Å²) in [5, 5.41) is 20.7. The molecule has 0 atom stereocenters. The predicted octanol–water partition coefficient (Wildman–Crippen LogP) is 5.06. The average Bonchev–Trinajstić information content (AvgIpc) is 2.87. The third-order valence-corrected chi connectivity index (χ3v) is 5.70. The van der Waals surface area contributed by atoms with Gasteiger partial charge in [0.05, 0.1) is 20.8 Å². The van der Waals surface area contributed by atoms with Crippen molar-refractivity contribution in [3.63, 3.8) is 0 Å². The van der Waals surface area contributed by atoms with Gasteiger partial charge in [-0.2, -0.15) is 0 Å². The summed E-state index contributed by atoms with van der Waals surface area (Å²) in [7, 11) is 0. The van der Waals surface area contributed by atoms with Gasteiger partial charge < -0.3 is 5.11 Å². The fourth-order valence-electron chi connectivity index (χ4n) is 2.47. The van der Waals surface area contributed by atoms with E-state index in [1.165, 1.54) is 24.3 Å². The highest BCUT2D eigenvalue weighted by Crippen LogP contribution is 2.38. The summed E-state index contributed by atoms with van der Waals surface area (Å²) in [4.78, 5) is 36.5. The van der Waals surface area contributed by atoms with Crippen LogP contribution in [0.5, 0.6) is 5.75 Å². The second-order valence-corrected chi connectivity index (χ2v) is 8.24. The lowest BCUT2D eigenvalue weighted by molar-refractivity contribution is -0.385. The number of carbonyl (C=O) groups excluding carboxylic acids is 2. The number of nitro benzene ring substituents is 1. The summed E-state index contributed by atoms with van der Waals surface area (Å²) in [5.74, 6) is -0.637. The van der Waals surface area contributed by atoms with Gasteiger partial charge >= 0.3 is 0 Å². The van der Waals surface area contributed by atoms with Crippen LogP contribution >= 0.6 is 43.6 Å². The number of hydrogen-bond acceptors (Lipinski definition) is 6. The molecule has 2 aromatic rings. The van der Waals surface area contributed by atoms with Crippen LogP contribution in [0.1, 0.15) is 11.1 Å². The molecule has 10 heteroatoms. The summed E-state index contributed by atoms with van der Waals surface area (Å²) < 4.78 is 1.11. The maximum absolute atomic E-state index is 12.6. The van der Waals surface area contributed by atoms with E-state index in [1.807, 2.05) is 0 Å². The van der Waals surface area contributed by atoms with E-state index in [2.05, 4.69) is 31.9 Å². The second-order valence-electron chi connectivity index (χ2n) is 5.48. The van der Waals surface area contributed by atoms with Gasteiger partial charge in [-0.3, -0.25) is 24.6 Å². The number of nitro groups is 1. The first-order chi connectivity index (χ1) is 12.8. The Labute approximate surface area is 174 Å². The third kappa shape index (κ3) is 4.07. The van der Waals surface area contributed by atoms with Crippen molar-refractivity contribution in [2.75, 3.05) is 0 Å². The first-order valence-corrected chi connectivity index (χ1v) is 9.84. The lowest BCUT2D eigenvalue weighted by Gasteiger charge is -2.12.